The van der Waals surface area contributed by atoms with E-state index in [9.17, 15) is 9.18 Å². The van der Waals surface area contributed by atoms with E-state index in [1.165, 1.54) is 12.1 Å². The first-order valence-corrected chi connectivity index (χ1v) is 7.40. The highest BCUT2D eigenvalue weighted by molar-refractivity contribution is 6.08. The Hall–Kier alpha value is -2.49. The van der Waals surface area contributed by atoms with Gasteiger partial charge in [-0.15, -0.1) is 0 Å². The van der Waals surface area contributed by atoms with Gasteiger partial charge >= 0.3 is 0 Å². The number of anilines is 1. The molecule has 0 bridgehead atoms. The lowest BCUT2D eigenvalue weighted by atomic mass is 9.93. The molecular weight excluding hydrogens is 279 g/mol. The molecule has 1 aromatic carbocycles. The molecule has 1 unspecified atom stereocenters. The van der Waals surface area contributed by atoms with Gasteiger partial charge in [-0.3, -0.25) is 14.7 Å². The molecule has 0 fully saturated rings. The summed E-state index contributed by atoms with van der Waals surface area (Å²) >= 11 is 0. The first kappa shape index (κ1) is 14.4. The summed E-state index contributed by atoms with van der Waals surface area (Å²) in [6.45, 7) is 2.01. The number of halogens is 1. The highest BCUT2D eigenvalue weighted by atomic mass is 19.1. The highest BCUT2D eigenvalue weighted by Gasteiger charge is 2.31. The second-order valence-electron chi connectivity index (χ2n) is 5.32. The van der Waals surface area contributed by atoms with Crippen molar-refractivity contribution in [1.29, 1.82) is 0 Å². The van der Waals surface area contributed by atoms with Gasteiger partial charge in [-0.05, 0) is 49.2 Å². The smallest absolute Gasteiger partial charge is 0.234 e. The second kappa shape index (κ2) is 6.10. The summed E-state index contributed by atoms with van der Waals surface area (Å²) in [5.41, 5.74) is 2.46. The van der Waals surface area contributed by atoms with E-state index in [0.29, 0.717) is 5.69 Å². The monoisotopic (exact) mass is 296 g/mol. The molecule has 0 saturated carbocycles. The fourth-order valence-corrected chi connectivity index (χ4v) is 2.71. The van der Waals surface area contributed by atoms with Gasteiger partial charge in [0.2, 0.25) is 5.91 Å². The molecule has 3 rings (SSSR count). The molecular formula is C18H17FN2O. The normalized spacial score (nSPS) is 18.3. The Labute approximate surface area is 129 Å². The Morgan fingerprint density at radius 1 is 1.18 bits per heavy atom. The van der Waals surface area contributed by atoms with Crippen molar-refractivity contribution < 1.29 is 9.18 Å². The SMILES string of the molecule is CCC1CC=C(c2ccncc2)N(c2ccc(F)cc2)C1=O. The molecule has 1 aromatic heterocycles. The van der Waals surface area contributed by atoms with E-state index in [-0.39, 0.29) is 17.6 Å². The fraction of sp³-hybridized carbons (Fsp3) is 0.222. The lowest BCUT2D eigenvalue weighted by Crippen LogP contribution is -2.37. The van der Waals surface area contributed by atoms with Crippen LogP contribution in [0.3, 0.4) is 0 Å². The molecule has 0 aliphatic carbocycles. The van der Waals surface area contributed by atoms with E-state index in [0.717, 1.165) is 24.1 Å². The summed E-state index contributed by atoms with van der Waals surface area (Å²) in [7, 11) is 0. The average Bonchev–Trinajstić information content (AvgIpc) is 2.56. The Balaban J connectivity index is 2.07. The van der Waals surface area contributed by atoms with Crippen molar-refractivity contribution in [3.8, 4) is 0 Å². The van der Waals surface area contributed by atoms with E-state index in [1.54, 1.807) is 29.4 Å². The minimum Gasteiger partial charge on any atom is -0.281 e. The van der Waals surface area contributed by atoms with Crippen molar-refractivity contribution in [3.63, 3.8) is 0 Å². The summed E-state index contributed by atoms with van der Waals surface area (Å²) in [6, 6.07) is 9.79. The zero-order valence-electron chi connectivity index (χ0n) is 12.4. The first-order valence-electron chi connectivity index (χ1n) is 7.40. The number of hydrogen-bond acceptors (Lipinski definition) is 2. The molecule has 1 atom stereocenters. The third-order valence-electron chi connectivity index (χ3n) is 3.96. The molecule has 2 heterocycles. The lowest BCUT2D eigenvalue weighted by molar-refractivity contribution is -0.121. The summed E-state index contributed by atoms with van der Waals surface area (Å²) < 4.78 is 13.2. The van der Waals surface area contributed by atoms with Crippen LogP contribution in [-0.2, 0) is 4.79 Å². The van der Waals surface area contributed by atoms with E-state index in [2.05, 4.69) is 11.1 Å². The number of amides is 1. The van der Waals surface area contributed by atoms with E-state index >= 15 is 0 Å². The van der Waals surface area contributed by atoms with Gasteiger partial charge in [-0.2, -0.15) is 0 Å². The predicted molar refractivity (Wildman–Crippen MR) is 84.5 cm³/mol. The largest absolute Gasteiger partial charge is 0.281 e. The predicted octanol–water partition coefficient (Wildman–Crippen LogP) is 4.02. The Kier molecular flexibility index (Phi) is 4.00. The standard InChI is InChI=1S/C18H17FN2O/c1-2-13-3-8-17(14-9-11-20-12-10-14)21(18(13)22)16-6-4-15(19)5-7-16/h4-13H,2-3H2,1H3. The van der Waals surface area contributed by atoms with Gasteiger partial charge in [0.1, 0.15) is 5.82 Å². The molecule has 112 valence electrons. The summed E-state index contributed by atoms with van der Waals surface area (Å²) in [5, 5.41) is 0. The molecule has 0 saturated heterocycles. The van der Waals surface area contributed by atoms with Crippen molar-refractivity contribution in [2.75, 3.05) is 4.90 Å². The number of rotatable bonds is 3. The third-order valence-corrected chi connectivity index (χ3v) is 3.96. The van der Waals surface area contributed by atoms with Crippen LogP contribution >= 0.6 is 0 Å². The minimum absolute atomic E-state index is 0.0318. The maximum atomic E-state index is 13.2. The van der Waals surface area contributed by atoms with Crippen LogP contribution in [0.5, 0.6) is 0 Å². The second-order valence-corrected chi connectivity index (χ2v) is 5.32. The zero-order chi connectivity index (χ0) is 15.5. The van der Waals surface area contributed by atoms with Crippen LogP contribution in [0.25, 0.3) is 5.70 Å². The number of aromatic nitrogens is 1. The molecule has 3 nitrogen and oxygen atoms in total. The third kappa shape index (κ3) is 2.64. The van der Waals surface area contributed by atoms with Crippen LogP contribution in [0.2, 0.25) is 0 Å². The van der Waals surface area contributed by atoms with E-state index in [4.69, 9.17) is 0 Å². The Bertz CT molecular complexity index is 695. The number of carbonyl (C=O) groups excluding carboxylic acids is 1. The Morgan fingerprint density at radius 2 is 1.86 bits per heavy atom. The maximum absolute atomic E-state index is 13.2. The van der Waals surface area contributed by atoms with Gasteiger partial charge in [0.05, 0.1) is 5.70 Å². The first-order chi connectivity index (χ1) is 10.7. The molecule has 1 aliphatic heterocycles. The van der Waals surface area contributed by atoms with Crippen molar-refractivity contribution in [1.82, 2.24) is 4.98 Å². The molecule has 1 aliphatic rings. The lowest BCUT2D eigenvalue weighted by Gasteiger charge is -2.33. The van der Waals surface area contributed by atoms with Crippen molar-refractivity contribution in [2.45, 2.75) is 19.8 Å². The summed E-state index contributed by atoms with van der Waals surface area (Å²) in [6.07, 6.45) is 7.00. The van der Waals surface area contributed by atoms with Crippen molar-refractivity contribution in [3.05, 3.63) is 66.2 Å². The number of carbonyl (C=O) groups is 1. The van der Waals surface area contributed by atoms with Gasteiger partial charge in [0, 0.05) is 29.6 Å². The molecule has 0 spiro atoms. The van der Waals surface area contributed by atoms with Crippen LogP contribution in [0.15, 0.2) is 54.9 Å². The Morgan fingerprint density at radius 3 is 2.50 bits per heavy atom. The minimum atomic E-state index is -0.310. The summed E-state index contributed by atoms with van der Waals surface area (Å²) in [4.78, 5) is 18.5. The van der Waals surface area contributed by atoms with Crippen molar-refractivity contribution in [2.24, 2.45) is 5.92 Å². The molecule has 2 aromatic rings. The van der Waals surface area contributed by atoms with E-state index in [1.807, 2.05) is 19.1 Å². The van der Waals surface area contributed by atoms with Gasteiger partial charge < -0.3 is 0 Å². The fourth-order valence-electron chi connectivity index (χ4n) is 2.71. The number of hydrogen-bond donors (Lipinski definition) is 0. The number of allylic oxidation sites excluding steroid dienone is 1. The molecule has 0 N–H and O–H groups in total. The molecule has 1 amide bonds. The van der Waals surface area contributed by atoms with Gasteiger partial charge in [0.15, 0.2) is 0 Å². The molecule has 4 heteroatoms. The van der Waals surface area contributed by atoms with Crippen LogP contribution in [-0.4, -0.2) is 10.9 Å². The maximum Gasteiger partial charge on any atom is 0.234 e. The van der Waals surface area contributed by atoms with Crippen LogP contribution in [0.1, 0.15) is 25.3 Å². The van der Waals surface area contributed by atoms with Gasteiger partial charge in [0.25, 0.3) is 0 Å². The average molecular weight is 296 g/mol. The van der Waals surface area contributed by atoms with Crippen LogP contribution in [0.4, 0.5) is 10.1 Å². The highest BCUT2D eigenvalue weighted by Crippen LogP contribution is 2.34. The number of benzene rings is 1. The van der Waals surface area contributed by atoms with Gasteiger partial charge in [-0.1, -0.05) is 13.0 Å². The van der Waals surface area contributed by atoms with E-state index < -0.39 is 0 Å². The zero-order valence-corrected chi connectivity index (χ0v) is 12.4. The molecule has 22 heavy (non-hydrogen) atoms. The number of pyridine rings is 1. The summed E-state index contributed by atoms with van der Waals surface area (Å²) in [5.74, 6) is -0.284. The topological polar surface area (TPSA) is 33.2 Å². The quantitative estimate of drug-likeness (QED) is 0.857. The molecule has 0 radical (unpaired) electrons. The van der Waals surface area contributed by atoms with Gasteiger partial charge in [-0.25, -0.2) is 4.39 Å². The van der Waals surface area contributed by atoms with Crippen LogP contribution < -0.4 is 4.90 Å². The van der Waals surface area contributed by atoms with Crippen molar-refractivity contribution >= 4 is 17.3 Å². The number of nitrogens with zero attached hydrogens (tertiary/aromatic N) is 2. The van der Waals surface area contributed by atoms with Crippen LogP contribution in [0, 0.1) is 11.7 Å².